The Morgan fingerprint density at radius 2 is 1.95 bits per heavy atom. The lowest BCUT2D eigenvalue weighted by atomic mass is 9.99. The molecule has 2 aromatic heterocycles. The van der Waals surface area contributed by atoms with Crippen LogP contribution in [0.25, 0.3) is 33.1 Å². The molecule has 1 aliphatic rings. The Morgan fingerprint density at radius 1 is 1.18 bits per heavy atom. The summed E-state index contributed by atoms with van der Waals surface area (Å²) in [6, 6.07) is 12.6. The minimum absolute atomic E-state index is 0.103. The molecule has 0 bridgehead atoms. The fraction of sp³-hybridized carbons (Fsp3) is 0.346. The summed E-state index contributed by atoms with van der Waals surface area (Å²) in [5.74, 6) is 0.458. The van der Waals surface area contributed by atoms with Gasteiger partial charge in [-0.2, -0.15) is 0 Å². The van der Waals surface area contributed by atoms with Gasteiger partial charge < -0.3 is 24.4 Å². The summed E-state index contributed by atoms with van der Waals surface area (Å²) in [7, 11) is -4.54. The lowest BCUT2D eigenvalue weighted by Crippen LogP contribution is -2.32. The number of H-pyrrole nitrogens is 1. The predicted octanol–water partition coefficient (Wildman–Crippen LogP) is 4.05. The third-order valence-electron chi connectivity index (χ3n) is 6.42. The lowest BCUT2D eigenvalue weighted by molar-refractivity contribution is 0.0714. The molecule has 0 unspecified atom stereocenters. The van der Waals surface area contributed by atoms with Gasteiger partial charge in [-0.25, -0.2) is 18.0 Å². The number of hydrogen-bond donors (Lipinski definition) is 3. The fourth-order valence-electron chi connectivity index (χ4n) is 4.64. The number of nitrogens with zero attached hydrogens (tertiary/aromatic N) is 2. The second-order valence-electron chi connectivity index (χ2n) is 9.96. The SMILES string of the molecule is Cc1cnc2[nH]c3c(OC[C@@H](CN(C)C)OP(=O)(O)O)ccc(-c4cccc(S(=O)(=O)C5CC5)c4)c3c2c1. The van der Waals surface area contributed by atoms with E-state index in [1.807, 2.05) is 25.1 Å². The smallest absolute Gasteiger partial charge is 0.470 e. The molecule has 12 heteroatoms. The van der Waals surface area contributed by atoms with Crippen molar-refractivity contribution in [2.24, 2.45) is 0 Å². The Balaban J connectivity index is 1.59. The van der Waals surface area contributed by atoms with Crippen molar-refractivity contribution in [3.8, 4) is 16.9 Å². The zero-order valence-corrected chi connectivity index (χ0v) is 23.0. The maximum absolute atomic E-state index is 12.9. The molecule has 1 aliphatic carbocycles. The highest BCUT2D eigenvalue weighted by atomic mass is 32.2. The first-order valence-corrected chi connectivity index (χ1v) is 15.3. The van der Waals surface area contributed by atoms with E-state index in [1.54, 1.807) is 49.5 Å². The molecule has 1 atom stereocenters. The predicted molar refractivity (Wildman–Crippen MR) is 145 cm³/mol. The van der Waals surface area contributed by atoms with Crippen LogP contribution in [0.3, 0.4) is 0 Å². The molecule has 1 fully saturated rings. The van der Waals surface area contributed by atoms with Crippen LogP contribution in [0, 0.1) is 6.92 Å². The van der Waals surface area contributed by atoms with E-state index in [1.165, 1.54) is 0 Å². The van der Waals surface area contributed by atoms with Gasteiger partial charge in [-0.15, -0.1) is 0 Å². The number of likely N-dealkylation sites (N-methyl/N-ethyl adjacent to an activating group) is 1. The normalized spacial score (nSPS) is 15.4. The minimum atomic E-state index is -4.72. The lowest BCUT2D eigenvalue weighted by Gasteiger charge is -2.22. The third-order valence-corrected chi connectivity index (χ3v) is 9.25. The molecule has 0 amide bonds. The number of fused-ring (bicyclic) bond motifs is 3. The molecule has 10 nitrogen and oxygen atoms in total. The average molecular weight is 560 g/mol. The summed E-state index contributed by atoms with van der Waals surface area (Å²) in [6.07, 6.45) is 2.25. The van der Waals surface area contributed by atoms with Crippen LogP contribution in [0.15, 0.2) is 53.6 Å². The van der Waals surface area contributed by atoms with Crippen LogP contribution in [0.1, 0.15) is 18.4 Å². The highest BCUT2D eigenvalue weighted by Gasteiger charge is 2.37. The van der Waals surface area contributed by atoms with Gasteiger partial charge in [-0.1, -0.05) is 12.1 Å². The van der Waals surface area contributed by atoms with Crippen LogP contribution < -0.4 is 4.74 Å². The van der Waals surface area contributed by atoms with E-state index in [-0.39, 0.29) is 18.4 Å². The van der Waals surface area contributed by atoms with Gasteiger partial charge in [0.05, 0.1) is 15.7 Å². The number of aromatic amines is 1. The van der Waals surface area contributed by atoms with Crippen molar-refractivity contribution < 1.29 is 32.0 Å². The van der Waals surface area contributed by atoms with Crippen LogP contribution in [0.5, 0.6) is 5.75 Å². The number of sulfone groups is 1. The van der Waals surface area contributed by atoms with Crippen molar-refractivity contribution in [3.05, 3.63) is 54.2 Å². The highest BCUT2D eigenvalue weighted by molar-refractivity contribution is 7.92. The van der Waals surface area contributed by atoms with Gasteiger partial charge in [0.25, 0.3) is 0 Å². The van der Waals surface area contributed by atoms with E-state index in [9.17, 15) is 22.8 Å². The fourth-order valence-corrected chi connectivity index (χ4v) is 6.86. The largest absolute Gasteiger partial charge is 0.489 e. The quantitative estimate of drug-likeness (QED) is 0.245. The first-order chi connectivity index (χ1) is 17.9. The maximum Gasteiger partial charge on any atom is 0.470 e. The molecule has 0 aliphatic heterocycles. The minimum Gasteiger partial charge on any atom is -0.489 e. The number of pyridine rings is 1. The molecule has 0 radical (unpaired) electrons. The van der Waals surface area contributed by atoms with Gasteiger partial charge in [0, 0.05) is 23.5 Å². The third kappa shape index (κ3) is 5.63. The number of phosphoric acid groups is 1. The molecule has 2 aromatic carbocycles. The van der Waals surface area contributed by atoms with Gasteiger partial charge >= 0.3 is 7.82 Å². The van der Waals surface area contributed by atoms with E-state index in [4.69, 9.17) is 9.26 Å². The van der Waals surface area contributed by atoms with Crippen LogP contribution in [0.2, 0.25) is 0 Å². The first-order valence-electron chi connectivity index (χ1n) is 12.2. The highest BCUT2D eigenvalue weighted by Crippen LogP contribution is 2.41. The number of aryl methyl sites for hydroxylation is 1. The van der Waals surface area contributed by atoms with Crippen molar-refractivity contribution in [2.75, 3.05) is 27.2 Å². The number of nitrogens with one attached hydrogen (secondary N) is 1. The number of hydrogen-bond acceptors (Lipinski definition) is 7. The summed E-state index contributed by atoms with van der Waals surface area (Å²) in [5, 5.41) is 1.36. The molecule has 3 N–H and O–H groups in total. The van der Waals surface area contributed by atoms with E-state index in [2.05, 4.69) is 9.97 Å². The standard InChI is InChI=1S/C26H30N3O7PS/c1-16-11-22-24-21(17-5-4-6-20(12-17)38(33,34)19-7-8-19)9-10-23(25(24)28-26(22)27-13-16)35-15-18(14-29(2)3)36-37(30,31)32/h4-6,9-13,18-19H,7-8,14-15H2,1-3H3,(H,27,28)(H2,30,31,32)/t18-/m1/s1. The number of benzene rings is 2. The molecule has 2 heterocycles. The van der Waals surface area contributed by atoms with Gasteiger partial charge in [0.2, 0.25) is 0 Å². The maximum atomic E-state index is 12.9. The van der Waals surface area contributed by atoms with Crippen LogP contribution in [0.4, 0.5) is 0 Å². The number of phosphoric ester groups is 1. The molecule has 1 saturated carbocycles. The number of rotatable bonds is 10. The topological polar surface area (TPSA) is 142 Å². The van der Waals surface area contributed by atoms with E-state index in [0.717, 1.165) is 27.5 Å². The summed E-state index contributed by atoms with van der Waals surface area (Å²) >= 11 is 0. The van der Waals surface area contributed by atoms with Gasteiger partial charge in [-0.05, 0) is 80.9 Å². The Hall–Kier alpha value is -2.79. The van der Waals surface area contributed by atoms with Gasteiger partial charge in [0.15, 0.2) is 9.84 Å². The van der Waals surface area contributed by atoms with Crippen molar-refractivity contribution in [1.82, 2.24) is 14.9 Å². The first kappa shape index (κ1) is 26.8. The molecule has 0 spiro atoms. The molecule has 0 saturated heterocycles. The number of ether oxygens (including phenoxy) is 1. The number of aromatic nitrogens is 2. The zero-order valence-electron chi connectivity index (χ0n) is 21.3. The van der Waals surface area contributed by atoms with Crippen LogP contribution >= 0.6 is 7.82 Å². The van der Waals surface area contributed by atoms with Gasteiger partial charge in [-0.3, -0.25) is 4.52 Å². The second kappa shape index (κ2) is 10.1. The monoisotopic (exact) mass is 559 g/mol. The molecule has 38 heavy (non-hydrogen) atoms. The van der Waals surface area contributed by atoms with Crippen molar-refractivity contribution >= 4 is 39.6 Å². The van der Waals surface area contributed by atoms with Crippen molar-refractivity contribution in [3.63, 3.8) is 0 Å². The second-order valence-corrected chi connectivity index (χ2v) is 13.4. The van der Waals surface area contributed by atoms with Crippen LogP contribution in [-0.4, -0.2) is 71.7 Å². The summed E-state index contributed by atoms with van der Waals surface area (Å²) in [6.45, 7) is 2.08. The molecule has 5 rings (SSSR count). The van der Waals surface area contributed by atoms with E-state index < -0.39 is 23.8 Å². The van der Waals surface area contributed by atoms with E-state index >= 15 is 0 Å². The molecule has 4 aromatic rings. The Bertz CT molecular complexity index is 1660. The van der Waals surface area contributed by atoms with Gasteiger partial charge in [0.1, 0.15) is 24.1 Å². The average Bonchev–Trinajstić information content (AvgIpc) is 3.63. The van der Waals surface area contributed by atoms with Crippen molar-refractivity contribution in [2.45, 2.75) is 36.0 Å². The summed E-state index contributed by atoms with van der Waals surface area (Å²) in [5.41, 5.74) is 3.81. The Kier molecular flexibility index (Phi) is 7.10. The Labute approximate surface area is 220 Å². The molecular weight excluding hydrogens is 529 g/mol. The van der Waals surface area contributed by atoms with E-state index in [0.29, 0.717) is 34.7 Å². The Morgan fingerprint density at radius 3 is 2.63 bits per heavy atom. The summed E-state index contributed by atoms with van der Waals surface area (Å²) in [4.78, 5) is 28.5. The van der Waals surface area contributed by atoms with Crippen LogP contribution in [-0.2, 0) is 18.9 Å². The zero-order chi connectivity index (χ0) is 27.2. The molecular formula is C26H30N3O7PS. The molecule has 202 valence electrons. The van der Waals surface area contributed by atoms with Crippen molar-refractivity contribution in [1.29, 1.82) is 0 Å². The summed E-state index contributed by atoms with van der Waals surface area (Å²) < 4.78 is 48.3.